The first-order valence-electron chi connectivity index (χ1n) is 4.92. The Bertz CT molecular complexity index is 549. The van der Waals surface area contributed by atoms with Gasteiger partial charge in [0.25, 0.3) is 0 Å². The highest BCUT2D eigenvalue weighted by Crippen LogP contribution is 2.28. The molecule has 0 aliphatic rings. The van der Waals surface area contributed by atoms with Crippen LogP contribution >= 0.6 is 0 Å². The third-order valence-corrected chi connectivity index (χ3v) is 2.02. The number of phenols is 1. The predicted octanol–water partition coefficient (Wildman–Crippen LogP) is 2.54. The molecule has 0 spiro atoms. The molecule has 0 aliphatic carbocycles. The summed E-state index contributed by atoms with van der Waals surface area (Å²) in [6.07, 6.45) is 0. The van der Waals surface area contributed by atoms with Gasteiger partial charge in [-0.1, -0.05) is 10.3 Å². The van der Waals surface area contributed by atoms with Crippen molar-refractivity contribution < 1.29 is 9.63 Å². The number of phenolic OH excluding ortho intramolecular Hbond substituents is 1. The van der Waals surface area contributed by atoms with Crippen molar-refractivity contribution in [1.29, 1.82) is 0 Å². The molecule has 1 aromatic heterocycles. The van der Waals surface area contributed by atoms with E-state index in [9.17, 15) is 5.11 Å². The Balaban J connectivity index is 2.19. The molecule has 0 saturated heterocycles. The number of aryl methyl sites for hydroxylation is 1. The number of rotatable bonds is 3. The summed E-state index contributed by atoms with van der Waals surface area (Å²) in [5.74, 6) is 0.595. The van der Waals surface area contributed by atoms with Gasteiger partial charge in [-0.2, -0.15) is 4.98 Å². The molecule has 0 fully saturated rings. The first-order valence-corrected chi connectivity index (χ1v) is 4.92. The lowest BCUT2D eigenvalue weighted by Gasteiger charge is -2.02. The normalized spacial score (nSPS) is 10.9. The topological polar surface area (TPSA) is 95.9 Å². The molecule has 1 heterocycles. The Morgan fingerprint density at radius 2 is 2.18 bits per heavy atom. The van der Waals surface area contributed by atoms with Crippen LogP contribution in [-0.4, -0.2) is 22.3 Å². The molecule has 0 bridgehead atoms. The first-order chi connectivity index (χ1) is 8.19. The third-order valence-electron chi connectivity index (χ3n) is 2.02. The van der Waals surface area contributed by atoms with Gasteiger partial charge in [-0.25, -0.2) is 0 Å². The maximum absolute atomic E-state index is 9.58. The van der Waals surface area contributed by atoms with Gasteiger partial charge in [0.2, 0.25) is 0 Å². The van der Waals surface area contributed by atoms with Crippen LogP contribution in [0.4, 0.5) is 17.4 Å². The number of nitrogens with one attached hydrogen (secondary N) is 1. The standard InChI is InChI=1S/C10H11N5O2/c1-6-12-10(17-15-6)14-13-7-3-4-8(11-2)9(16)5-7/h3-5,11,16H,1-2H3. The van der Waals surface area contributed by atoms with Crippen LogP contribution in [-0.2, 0) is 0 Å². The predicted molar refractivity (Wildman–Crippen MR) is 60.9 cm³/mol. The second-order valence-electron chi connectivity index (χ2n) is 3.28. The van der Waals surface area contributed by atoms with Gasteiger partial charge >= 0.3 is 6.01 Å². The smallest absolute Gasteiger partial charge is 0.366 e. The quantitative estimate of drug-likeness (QED) is 0.627. The van der Waals surface area contributed by atoms with Crippen LogP contribution in [0.1, 0.15) is 5.82 Å². The molecule has 7 nitrogen and oxygen atoms in total. The largest absolute Gasteiger partial charge is 0.506 e. The summed E-state index contributed by atoms with van der Waals surface area (Å²) in [5.41, 5.74) is 1.12. The average Bonchev–Trinajstić information content (AvgIpc) is 2.73. The van der Waals surface area contributed by atoms with Gasteiger partial charge in [-0.05, 0) is 19.1 Å². The van der Waals surface area contributed by atoms with Crippen LogP contribution in [0.15, 0.2) is 33.0 Å². The summed E-state index contributed by atoms with van der Waals surface area (Å²) < 4.78 is 4.76. The fraction of sp³-hybridized carbons (Fsp3) is 0.200. The molecule has 2 aromatic rings. The number of benzene rings is 1. The highest BCUT2D eigenvalue weighted by atomic mass is 16.5. The van der Waals surface area contributed by atoms with E-state index in [-0.39, 0.29) is 11.8 Å². The van der Waals surface area contributed by atoms with E-state index in [2.05, 4.69) is 25.7 Å². The van der Waals surface area contributed by atoms with Crippen molar-refractivity contribution in [3.8, 4) is 5.75 Å². The average molecular weight is 233 g/mol. The van der Waals surface area contributed by atoms with Crippen LogP contribution in [0, 0.1) is 6.92 Å². The SMILES string of the molecule is CNc1ccc(N=Nc2nc(C)no2)cc1O. The van der Waals surface area contributed by atoms with Gasteiger partial charge in [0.15, 0.2) is 5.82 Å². The second kappa shape index (κ2) is 4.60. The molecule has 0 amide bonds. The number of nitrogens with zero attached hydrogens (tertiary/aromatic N) is 4. The van der Waals surface area contributed by atoms with Gasteiger partial charge in [-0.3, -0.25) is 0 Å². The van der Waals surface area contributed by atoms with Crippen molar-refractivity contribution >= 4 is 17.4 Å². The van der Waals surface area contributed by atoms with E-state index >= 15 is 0 Å². The van der Waals surface area contributed by atoms with Crippen molar-refractivity contribution in [3.05, 3.63) is 24.0 Å². The van der Waals surface area contributed by atoms with Gasteiger partial charge < -0.3 is 14.9 Å². The minimum Gasteiger partial charge on any atom is -0.506 e. The summed E-state index contributed by atoms with van der Waals surface area (Å²) in [4.78, 5) is 3.87. The van der Waals surface area contributed by atoms with Crippen molar-refractivity contribution in [2.75, 3.05) is 12.4 Å². The number of aromatic hydroxyl groups is 1. The molecule has 0 saturated carbocycles. The van der Waals surface area contributed by atoms with Crippen LogP contribution in [0.2, 0.25) is 0 Å². The van der Waals surface area contributed by atoms with E-state index < -0.39 is 0 Å². The molecule has 0 atom stereocenters. The van der Waals surface area contributed by atoms with Crippen LogP contribution in [0.5, 0.6) is 5.75 Å². The fourth-order valence-corrected chi connectivity index (χ4v) is 1.22. The lowest BCUT2D eigenvalue weighted by atomic mass is 10.2. The van der Waals surface area contributed by atoms with Crippen molar-refractivity contribution in [1.82, 2.24) is 10.1 Å². The maximum atomic E-state index is 9.58. The van der Waals surface area contributed by atoms with E-state index in [1.807, 2.05) is 0 Å². The first kappa shape index (κ1) is 11.1. The van der Waals surface area contributed by atoms with E-state index in [0.29, 0.717) is 17.2 Å². The van der Waals surface area contributed by atoms with E-state index in [4.69, 9.17) is 4.52 Å². The molecule has 2 rings (SSSR count). The van der Waals surface area contributed by atoms with Crippen LogP contribution < -0.4 is 5.32 Å². The highest BCUT2D eigenvalue weighted by molar-refractivity contribution is 5.60. The van der Waals surface area contributed by atoms with E-state index in [1.165, 1.54) is 6.07 Å². The second-order valence-corrected chi connectivity index (χ2v) is 3.28. The van der Waals surface area contributed by atoms with Crippen molar-refractivity contribution in [2.24, 2.45) is 10.2 Å². The molecule has 7 heteroatoms. The van der Waals surface area contributed by atoms with Crippen molar-refractivity contribution in [3.63, 3.8) is 0 Å². The monoisotopic (exact) mass is 233 g/mol. The number of aromatic nitrogens is 2. The fourth-order valence-electron chi connectivity index (χ4n) is 1.22. The molecule has 17 heavy (non-hydrogen) atoms. The zero-order valence-corrected chi connectivity index (χ0v) is 9.38. The minimum atomic E-state index is 0.0830. The Hall–Kier alpha value is -2.44. The molecular weight excluding hydrogens is 222 g/mol. The zero-order chi connectivity index (χ0) is 12.3. The molecule has 0 unspecified atom stereocenters. The van der Waals surface area contributed by atoms with Gasteiger partial charge in [0.05, 0.1) is 11.4 Å². The Labute approximate surface area is 97.2 Å². The maximum Gasteiger partial charge on any atom is 0.366 e. The Morgan fingerprint density at radius 3 is 2.76 bits per heavy atom. The highest BCUT2D eigenvalue weighted by Gasteiger charge is 2.02. The van der Waals surface area contributed by atoms with Gasteiger partial charge in [-0.15, -0.1) is 5.11 Å². The summed E-state index contributed by atoms with van der Waals surface area (Å²) in [6, 6.07) is 4.97. The summed E-state index contributed by atoms with van der Waals surface area (Å²) >= 11 is 0. The van der Waals surface area contributed by atoms with Crippen LogP contribution in [0.3, 0.4) is 0 Å². The molecule has 0 radical (unpaired) electrons. The number of hydrogen-bond acceptors (Lipinski definition) is 7. The van der Waals surface area contributed by atoms with E-state index in [1.54, 1.807) is 26.1 Å². The Morgan fingerprint density at radius 1 is 1.35 bits per heavy atom. The molecular formula is C10H11N5O2. The molecule has 1 aromatic carbocycles. The molecule has 2 N–H and O–H groups in total. The summed E-state index contributed by atoms with van der Waals surface area (Å²) in [5, 5.41) is 23.6. The molecule has 0 aliphatic heterocycles. The lowest BCUT2D eigenvalue weighted by molar-refractivity contribution is 0.421. The third kappa shape index (κ3) is 2.57. The number of anilines is 1. The number of azo groups is 1. The summed E-state index contributed by atoms with van der Waals surface area (Å²) in [7, 11) is 1.72. The minimum absolute atomic E-state index is 0.0830. The lowest BCUT2D eigenvalue weighted by Crippen LogP contribution is -1.86. The van der Waals surface area contributed by atoms with Crippen molar-refractivity contribution in [2.45, 2.75) is 6.92 Å². The molecule has 88 valence electrons. The Kier molecular flexibility index (Phi) is 2.99. The summed E-state index contributed by atoms with van der Waals surface area (Å²) in [6.45, 7) is 1.69. The number of hydrogen-bond donors (Lipinski definition) is 2. The van der Waals surface area contributed by atoms with Gasteiger partial charge in [0.1, 0.15) is 5.75 Å². The van der Waals surface area contributed by atoms with Gasteiger partial charge in [0, 0.05) is 13.1 Å². The van der Waals surface area contributed by atoms with E-state index in [0.717, 1.165) is 0 Å². The zero-order valence-electron chi connectivity index (χ0n) is 9.38. The van der Waals surface area contributed by atoms with Crippen LogP contribution in [0.25, 0.3) is 0 Å².